The number of nitro groups is 1. The summed E-state index contributed by atoms with van der Waals surface area (Å²) in [6, 6.07) is 8.04. The zero-order valence-corrected chi connectivity index (χ0v) is 13.2. The maximum absolute atomic E-state index is 11.7. The number of anilines is 1. The molecule has 0 saturated carbocycles. The van der Waals surface area contributed by atoms with Crippen LogP contribution in [0.4, 0.5) is 16.2 Å². The molecule has 10 heteroatoms. The average molecular weight is 385 g/mol. The predicted molar refractivity (Wildman–Crippen MR) is 84.7 cm³/mol. The minimum absolute atomic E-state index is 0.148. The highest BCUT2D eigenvalue weighted by atomic mass is 79.9. The van der Waals surface area contributed by atoms with E-state index in [-0.39, 0.29) is 11.4 Å². The highest BCUT2D eigenvalue weighted by molar-refractivity contribution is 9.11. The van der Waals surface area contributed by atoms with Crippen molar-refractivity contribution in [1.29, 1.82) is 0 Å². The fraction of sp³-hybridized carbons (Fsp3) is 0. The van der Waals surface area contributed by atoms with Crippen LogP contribution in [0, 0.1) is 10.1 Å². The number of rotatable bonds is 3. The summed E-state index contributed by atoms with van der Waals surface area (Å²) in [7, 11) is 0. The Bertz CT molecular complexity index is 733. The Morgan fingerprint density at radius 2 is 1.95 bits per heavy atom. The Kier molecular flexibility index (Phi) is 5.07. The number of carbonyl (C=O) groups is 2. The molecule has 1 aromatic heterocycles. The highest BCUT2D eigenvalue weighted by Gasteiger charge is 2.11. The van der Waals surface area contributed by atoms with E-state index in [2.05, 4.69) is 32.1 Å². The summed E-state index contributed by atoms with van der Waals surface area (Å²) in [6.45, 7) is 0. The number of nitrogens with zero attached hydrogens (tertiary/aromatic N) is 1. The van der Waals surface area contributed by atoms with Crippen LogP contribution in [0.15, 0.2) is 40.2 Å². The van der Waals surface area contributed by atoms with E-state index < -0.39 is 16.9 Å². The maximum Gasteiger partial charge on any atom is 0.337 e. The van der Waals surface area contributed by atoms with Gasteiger partial charge in [0, 0.05) is 17.8 Å². The molecular formula is C12H9BrN4O4S. The van der Waals surface area contributed by atoms with Crippen LogP contribution in [-0.4, -0.2) is 16.9 Å². The summed E-state index contributed by atoms with van der Waals surface area (Å²) < 4.78 is 0.790. The van der Waals surface area contributed by atoms with Gasteiger partial charge in [-0.05, 0) is 34.1 Å². The normalized spacial score (nSPS) is 9.86. The van der Waals surface area contributed by atoms with Gasteiger partial charge in [-0.15, -0.1) is 11.3 Å². The fourth-order valence-corrected chi connectivity index (χ4v) is 2.75. The molecule has 0 radical (unpaired) electrons. The smallest absolute Gasteiger partial charge is 0.306 e. The van der Waals surface area contributed by atoms with E-state index in [0.29, 0.717) is 4.88 Å². The van der Waals surface area contributed by atoms with Crippen molar-refractivity contribution in [2.45, 2.75) is 0 Å². The molecule has 0 spiro atoms. The molecule has 3 amide bonds. The number of non-ortho nitro benzene ring substituents is 1. The maximum atomic E-state index is 11.7. The summed E-state index contributed by atoms with van der Waals surface area (Å²) in [6.07, 6.45) is 0. The van der Waals surface area contributed by atoms with Crippen LogP contribution in [-0.2, 0) is 0 Å². The summed E-state index contributed by atoms with van der Waals surface area (Å²) >= 11 is 4.44. The molecule has 0 unspecified atom stereocenters. The number of thiophene rings is 1. The quantitative estimate of drug-likeness (QED) is 0.557. The first-order valence-electron chi connectivity index (χ1n) is 5.83. The Balaban J connectivity index is 1.89. The van der Waals surface area contributed by atoms with Gasteiger partial charge < -0.3 is 5.32 Å². The molecule has 1 heterocycles. The number of halogens is 1. The second kappa shape index (κ2) is 7.00. The molecule has 22 heavy (non-hydrogen) atoms. The van der Waals surface area contributed by atoms with Gasteiger partial charge in [-0.3, -0.25) is 20.3 Å². The lowest BCUT2D eigenvalue weighted by Crippen LogP contribution is -2.43. The molecule has 2 rings (SSSR count). The Labute approximate surface area is 136 Å². The SMILES string of the molecule is O=C(NNC(=O)c1ccc(Br)s1)Nc1cccc([N+](=O)[O-])c1. The van der Waals surface area contributed by atoms with E-state index in [0.717, 1.165) is 3.79 Å². The third-order valence-corrected chi connectivity index (χ3v) is 4.02. The predicted octanol–water partition coefficient (Wildman–Crippen LogP) is 2.89. The van der Waals surface area contributed by atoms with Gasteiger partial charge in [-0.2, -0.15) is 0 Å². The van der Waals surface area contributed by atoms with E-state index in [4.69, 9.17) is 0 Å². The molecule has 8 nitrogen and oxygen atoms in total. The van der Waals surface area contributed by atoms with Crippen LogP contribution >= 0.6 is 27.3 Å². The first-order chi connectivity index (χ1) is 10.5. The number of carbonyl (C=O) groups excluding carboxylic acids is 2. The van der Waals surface area contributed by atoms with Crippen LogP contribution in [0.2, 0.25) is 0 Å². The second-order valence-electron chi connectivity index (χ2n) is 3.94. The van der Waals surface area contributed by atoms with Crippen molar-refractivity contribution in [3.8, 4) is 0 Å². The number of benzene rings is 1. The molecule has 0 aliphatic carbocycles. The topological polar surface area (TPSA) is 113 Å². The summed E-state index contributed by atoms with van der Waals surface area (Å²) in [4.78, 5) is 33.8. The lowest BCUT2D eigenvalue weighted by molar-refractivity contribution is -0.384. The lowest BCUT2D eigenvalue weighted by atomic mass is 10.3. The van der Waals surface area contributed by atoms with E-state index in [9.17, 15) is 19.7 Å². The van der Waals surface area contributed by atoms with Crippen molar-refractivity contribution in [2.75, 3.05) is 5.32 Å². The molecule has 2 aromatic rings. The van der Waals surface area contributed by atoms with Gasteiger partial charge >= 0.3 is 6.03 Å². The Morgan fingerprint density at radius 1 is 1.18 bits per heavy atom. The minimum Gasteiger partial charge on any atom is -0.306 e. The zero-order chi connectivity index (χ0) is 16.1. The van der Waals surface area contributed by atoms with Gasteiger partial charge in [0.1, 0.15) is 0 Å². The van der Waals surface area contributed by atoms with Crippen molar-refractivity contribution in [2.24, 2.45) is 0 Å². The minimum atomic E-state index is -0.718. The summed E-state index contributed by atoms with van der Waals surface area (Å²) in [5.74, 6) is -0.468. The van der Waals surface area contributed by atoms with Gasteiger partial charge in [-0.25, -0.2) is 10.2 Å². The third kappa shape index (κ3) is 4.27. The Hall–Kier alpha value is -2.46. The van der Waals surface area contributed by atoms with Crippen molar-refractivity contribution in [3.63, 3.8) is 0 Å². The van der Waals surface area contributed by atoms with E-state index in [1.54, 1.807) is 12.1 Å². The van der Waals surface area contributed by atoms with Crippen molar-refractivity contribution < 1.29 is 14.5 Å². The van der Waals surface area contributed by atoms with E-state index in [1.807, 2.05) is 0 Å². The van der Waals surface area contributed by atoms with Crippen molar-refractivity contribution >= 4 is 50.6 Å². The molecule has 0 atom stereocenters. The summed E-state index contributed by atoms with van der Waals surface area (Å²) in [5, 5.41) is 13.0. The molecule has 0 saturated heterocycles. The number of nitro benzene ring substituents is 1. The number of nitrogens with one attached hydrogen (secondary N) is 3. The highest BCUT2D eigenvalue weighted by Crippen LogP contribution is 2.21. The molecule has 3 N–H and O–H groups in total. The molecule has 114 valence electrons. The molecule has 0 fully saturated rings. The van der Waals surface area contributed by atoms with Crippen LogP contribution < -0.4 is 16.2 Å². The zero-order valence-electron chi connectivity index (χ0n) is 10.8. The number of hydrogen-bond donors (Lipinski definition) is 3. The van der Waals surface area contributed by atoms with Gasteiger partial charge in [0.2, 0.25) is 0 Å². The first kappa shape index (κ1) is 15.9. The number of amides is 3. The van der Waals surface area contributed by atoms with Gasteiger partial charge in [0.15, 0.2) is 0 Å². The Morgan fingerprint density at radius 3 is 2.59 bits per heavy atom. The van der Waals surface area contributed by atoms with Crippen LogP contribution in [0.3, 0.4) is 0 Å². The molecule has 1 aromatic carbocycles. The molecule has 0 bridgehead atoms. The van der Waals surface area contributed by atoms with Crippen molar-refractivity contribution in [1.82, 2.24) is 10.9 Å². The first-order valence-corrected chi connectivity index (χ1v) is 7.44. The lowest BCUT2D eigenvalue weighted by Gasteiger charge is -2.08. The number of urea groups is 1. The van der Waals surface area contributed by atoms with Crippen molar-refractivity contribution in [3.05, 3.63) is 55.2 Å². The van der Waals surface area contributed by atoms with Gasteiger partial charge in [0.25, 0.3) is 11.6 Å². The third-order valence-electron chi connectivity index (χ3n) is 2.40. The number of hydrazine groups is 1. The fourth-order valence-electron chi connectivity index (χ4n) is 1.47. The largest absolute Gasteiger partial charge is 0.337 e. The van der Waals surface area contributed by atoms with Crippen LogP contribution in [0.1, 0.15) is 9.67 Å². The molecular weight excluding hydrogens is 376 g/mol. The standard InChI is InChI=1S/C12H9BrN4O4S/c13-10-5-4-9(22-10)11(18)15-16-12(19)14-7-2-1-3-8(6-7)17(20)21/h1-6H,(H,15,18)(H2,14,16,19). The monoisotopic (exact) mass is 384 g/mol. The second-order valence-corrected chi connectivity index (χ2v) is 6.41. The van der Waals surface area contributed by atoms with Crippen LogP contribution in [0.25, 0.3) is 0 Å². The van der Waals surface area contributed by atoms with Crippen LogP contribution in [0.5, 0.6) is 0 Å². The van der Waals surface area contributed by atoms with Gasteiger partial charge in [-0.1, -0.05) is 6.07 Å². The van der Waals surface area contributed by atoms with E-state index in [1.165, 1.54) is 35.6 Å². The van der Waals surface area contributed by atoms with Gasteiger partial charge in [0.05, 0.1) is 13.6 Å². The van der Waals surface area contributed by atoms with E-state index >= 15 is 0 Å². The summed E-state index contributed by atoms with van der Waals surface area (Å²) in [5.41, 5.74) is 4.47. The average Bonchev–Trinajstić information content (AvgIpc) is 2.91. The molecule has 0 aliphatic rings. The number of hydrogen-bond acceptors (Lipinski definition) is 5. The molecule has 0 aliphatic heterocycles.